The maximum absolute atomic E-state index is 12.8. The highest BCUT2D eigenvalue weighted by Crippen LogP contribution is 2.20. The van der Waals surface area contributed by atoms with Gasteiger partial charge in [-0.15, -0.1) is 0 Å². The molecule has 3 aromatic rings. The van der Waals surface area contributed by atoms with E-state index < -0.39 is 12.0 Å². The number of nitrogens with one attached hydrogen (secondary N) is 1. The van der Waals surface area contributed by atoms with Gasteiger partial charge in [-0.25, -0.2) is 4.79 Å². The highest BCUT2D eigenvalue weighted by molar-refractivity contribution is 6.30. The quantitative estimate of drug-likeness (QED) is 0.572. The maximum atomic E-state index is 12.8. The van der Waals surface area contributed by atoms with E-state index in [1.54, 1.807) is 30.5 Å². The number of hydrogen-bond donors (Lipinski definition) is 1. The summed E-state index contributed by atoms with van der Waals surface area (Å²) in [5.41, 5.74) is 2.24. The number of fused-ring (bicyclic) bond motifs is 1. The standard InChI is InChI=1S/C23H22ClN3O3/c1-3-15(2)21(26-22(28)16-7-9-18(24)10-8-16)23(29)30-14-17-13-27-11-5-4-6-20(27)19(17)12-25/h4-11,13,15,21H,3,14H2,1-2H3,(H,26,28)/t15-,21+/m0/s1. The average Bonchev–Trinajstić information content (AvgIpc) is 3.13. The Kier molecular flexibility index (Phi) is 6.76. The van der Waals surface area contributed by atoms with Crippen LogP contribution in [0, 0.1) is 17.2 Å². The third-order valence-corrected chi connectivity index (χ3v) is 5.36. The van der Waals surface area contributed by atoms with Crippen LogP contribution in [0.25, 0.3) is 5.52 Å². The van der Waals surface area contributed by atoms with Crippen molar-refractivity contribution in [1.29, 1.82) is 5.26 Å². The molecule has 0 bridgehead atoms. The number of carbonyl (C=O) groups excluding carboxylic acids is 2. The monoisotopic (exact) mass is 423 g/mol. The van der Waals surface area contributed by atoms with E-state index in [0.717, 1.165) is 5.52 Å². The molecule has 0 aliphatic rings. The van der Waals surface area contributed by atoms with Crippen molar-refractivity contribution in [2.24, 2.45) is 5.92 Å². The van der Waals surface area contributed by atoms with Gasteiger partial charge in [0.2, 0.25) is 0 Å². The molecule has 1 aromatic carbocycles. The van der Waals surface area contributed by atoms with Crippen LogP contribution in [0.5, 0.6) is 0 Å². The minimum Gasteiger partial charge on any atom is -0.459 e. The van der Waals surface area contributed by atoms with Crippen LogP contribution in [0.3, 0.4) is 0 Å². The van der Waals surface area contributed by atoms with Crippen LogP contribution in [0.2, 0.25) is 5.02 Å². The molecule has 2 heterocycles. The van der Waals surface area contributed by atoms with E-state index in [1.807, 2.05) is 42.6 Å². The lowest BCUT2D eigenvalue weighted by Crippen LogP contribution is -2.46. The summed E-state index contributed by atoms with van der Waals surface area (Å²) in [5.74, 6) is -1.04. The van der Waals surface area contributed by atoms with E-state index in [9.17, 15) is 14.9 Å². The first-order chi connectivity index (χ1) is 14.4. The van der Waals surface area contributed by atoms with Gasteiger partial charge < -0.3 is 14.5 Å². The van der Waals surface area contributed by atoms with Gasteiger partial charge in [-0.05, 0) is 42.3 Å². The number of halogens is 1. The van der Waals surface area contributed by atoms with Crippen LogP contribution in [-0.2, 0) is 16.1 Å². The fourth-order valence-electron chi connectivity index (χ4n) is 3.15. The third-order valence-electron chi connectivity index (χ3n) is 5.10. The van der Waals surface area contributed by atoms with Crippen LogP contribution in [0.4, 0.5) is 0 Å². The van der Waals surface area contributed by atoms with Gasteiger partial charge in [0.15, 0.2) is 0 Å². The molecule has 2 atom stereocenters. The maximum Gasteiger partial charge on any atom is 0.329 e. The number of carbonyl (C=O) groups is 2. The van der Waals surface area contributed by atoms with E-state index >= 15 is 0 Å². The predicted octanol–water partition coefficient (Wildman–Crippen LogP) is 4.35. The van der Waals surface area contributed by atoms with Gasteiger partial charge in [-0.3, -0.25) is 4.79 Å². The summed E-state index contributed by atoms with van der Waals surface area (Å²) >= 11 is 5.87. The molecule has 0 radical (unpaired) electrons. The fourth-order valence-corrected chi connectivity index (χ4v) is 3.28. The van der Waals surface area contributed by atoms with Crippen molar-refractivity contribution in [2.45, 2.75) is 32.9 Å². The highest BCUT2D eigenvalue weighted by atomic mass is 35.5. The molecule has 1 amide bonds. The van der Waals surface area contributed by atoms with E-state index in [2.05, 4.69) is 11.4 Å². The van der Waals surface area contributed by atoms with Gasteiger partial charge in [-0.2, -0.15) is 5.26 Å². The number of nitrogens with zero attached hydrogens (tertiary/aromatic N) is 2. The third kappa shape index (κ3) is 4.64. The van der Waals surface area contributed by atoms with E-state index in [1.165, 1.54) is 0 Å². The minimum absolute atomic E-state index is 0.0485. The van der Waals surface area contributed by atoms with Crippen LogP contribution >= 0.6 is 11.6 Å². The molecule has 7 heteroatoms. The predicted molar refractivity (Wildman–Crippen MR) is 114 cm³/mol. The number of pyridine rings is 1. The van der Waals surface area contributed by atoms with Crippen molar-refractivity contribution in [3.63, 3.8) is 0 Å². The number of aromatic nitrogens is 1. The summed E-state index contributed by atoms with van der Waals surface area (Å²) in [6.07, 6.45) is 4.28. The van der Waals surface area contributed by atoms with Gasteiger partial charge in [0.05, 0.1) is 11.1 Å². The van der Waals surface area contributed by atoms with Crippen molar-refractivity contribution < 1.29 is 14.3 Å². The molecule has 2 aromatic heterocycles. The van der Waals surface area contributed by atoms with Crippen LogP contribution in [-0.4, -0.2) is 22.3 Å². The molecular weight excluding hydrogens is 402 g/mol. The summed E-state index contributed by atoms with van der Waals surface area (Å²) in [6.45, 7) is 3.77. The smallest absolute Gasteiger partial charge is 0.329 e. The van der Waals surface area contributed by atoms with Gasteiger partial charge in [-0.1, -0.05) is 37.9 Å². The molecule has 3 rings (SSSR count). The Bertz CT molecular complexity index is 1100. The Labute approximate surface area is 180 Å². The second-order valence-corrected chi connectivity index (χ2v) is 7.52. The van der Waals surface area contributed by atoms with Crippen molar-refractivity contribution >= 4 is 29.0 Å². The first-order valence-corrected chi connectivity index (χ1v) is 10.0. The second-order valence-electron chi connectivity index (χ2n) is 7.09. The van der Waals surface area contributed by atoms with Gasteiger partial charge >= 0.3 is 5.97 Å². The Balaban J connectivity index is 1.74. The Hall–Kier alpha value is -3.30. The first-order valence-electron chi connectivity index (χ1n) is 9.66. The number of benzene rings is 1. The van der Waals surface area contributed by atoms with Crippen molar-refractivity contribution in [3.05, 3.63) is 76.6 Å². The number of esters is 1. The summed E-state index contributed by atoms with van der Waals surface area (Å²) in [5, 5.41) is 12.8. The van der Waals surface area contributed by atoms with E-state index in [-0.39, 0.29) is 18.4 Å². The summed E-state index contributed by atoms with van der Waals surface area (Å²) in [7, 11) is 0. The molecule has 0 unspecified atom stereocenters. The topological polar surface area (TPSA) is 83.6 Å². The zero-order valence-corrected chi connectivity index (χ0v) is 17.5. The summed E-state index contributed by atoms with van der Waals surface area (Å²) in [6, 6.07) is 13.3. The first kappa shape index (κ1) is 21.4. The largest absolute Gasteiger partial charge is 0.459 e. The Morgan fingerprint density at radius 3 is 2.63 bits per heavy atom. The van der Waals surface area contributed by atoms with Gasteiger partial charge in [0.25, 0.3) is 5.91 Å². The minimum atomic E-state index is -0.805. The van der Waals surface area contributed by atoms with Crippen LogP contribution in [0.1, 0.15) is 41.8 Å². The molecule has 30 heavy (non-hydrogen) atoms. The molecule has 0 saturated carbocycles. The average molecular weight is 424 g/mol. The van der Waals surface area contributed by atoms with Crippen LogP contribution in [0.15, 0.2) is 54.9 Å². The molecule has 154 valence electrons. The second kappa shape index (κ2) is 9.47. The molecule has 0 aliphatic heterocycles. The lowest BCUT2D eigenvalue weighted by atomic mass is 9.98. The zero-order valence-electron chi connectivity index (χ0n) is 16.8. The molecule has 6 nitrogen and oxygen atoms in total. The molecular formula is C23H22ClN3O3. The fraction of sp³-hybridized carbons (Fsp3) is 0.261. The van der Waals surface area contributed by atoms with Gasteiger partial charge in [0, 0.05) is 28.5 Å². The molecule has 0 aliphatic carbocycles. The molecule has 0 saturated heterocycles. The number of hydrogen-bond acceptors (Lipinski definition) is 4. The number of ether oxygens (including phenoxy) is 1. The Morgan fingerprint density at radius 1 is 1.23 bits per heavy atom. The summed E-state index contributed by atoms with van der Waals surface area (Å²) in [4.78, 5) is 25.4. The normalized spacial score (nSPS) is 12.7. The SMILES string of the molecule is CC[C@H](C)[C@@H](NC(=O)c1ccc(Cl)cc1)C(=O)OCc1cn2ccccc2c1C#N. The highest BCUT2D eigenvalue weighted by Gasteiger charge is 2.28. The van der Waals surface area contributed by atoms with Crippen molar-refractivity contribution in [2.75, 3.05) is 0 Å². The Morgan fingerprint density at radius 2 is 1.97 bits per heavy atom. The summed E-state index contributed by atoms with van der Waals surface area (Å²) < 4.78 is 7.32. The van der Waals surface area contributed by atoms with Crippen LogP contribution < -0.4 is 5.32 Å². The lowest BCUT2D eigenvalue weighted by molar-refractivity contribution is -0.148. The molecule has 0 fully saturated rings. The number of amides is 1. The lowest BCUT2D eigenvalue weighted by Gasteiger charge is -2.22. The van der Waals surface area contributed by atoms with E-state index in [0.29, 0.717) is 28.1 Å². The van der Waals surface area contributed by atoms with E-state index in [4.69, 9.17) is 16.3 Å². The number of nitriles is 1. The zero-order chi connectivity index (χ0) is 21.7. The van der Waals surface area contributed by atoms with Gasteiger partial charge in [0.1, 0.15) is 18.7 Å². The molecule has 1 N–H and O–H groups in total. The van der Waals surface area contributed by atoms with Crippen molar-refractivity contribution in [3.8, 4) is 6.07 Å². The molecule has 0 spiro atoms. The number of rotatable bonds is 7. The van der Waals surface area contributed by atoms with Crippen molar-refractivity contribution in [1.82, 2.24) is 9.72 Å².